The van der Waals surface area contributed by atoms with Gasteiger partial charge in [-0.25, -0.2) is 0 Å². The highest BCUT2D eigenvalue weighted by atomic mass is 35.5. The summed E-state index contributed by atoms with van der Waals surface area (Å²) < 4.78 is 0. The molecule has 0 saturated heterocycles. The lowest BCUT2D eigenvalue weighted by atomic mass is 9.66. The van der Waals surface area contributed by atoms with Gasteiger partial charge in [0.2, 0.25) is 0 Å². The second-order valence-corrected chi connectivity index (χ2v) is 9.06. The van der Waals surface area contributed by atoms with Crippen molar-refractivity contribution < 1.29 is 0 Å². The molecule has 0 aliphatic heterocycles. The van der Waals surface area contributed by atoms with Crippen LogP contribution in [0.4, 0.5) is 0 Å². The molecule has 2 aliphatic carbocycles. The first-order valence-corrected chi connectivity index (χ1v) is 11.4. The first kappa shape index (κ1) is 18.0. The van der Waals surface area contributed by atoms with E-state index >= 15 is 0 Å². The second-order valence-electron chi connectivity index (χ2n) is 8.62. The smallest absolute Gasteiger partial charge is 0.0726 e. The number of hydrogen-bond acceptors (Lipinski definition) is 0. The van der Waals surface area contributed by atoms with Gasteiger partial charge in [0, 0.05) is 5.02 Å². The van der Waals surface area contributed by atoms with Crippen LogP contribution in [-0.4, -0.2) is 0 Å². The fraction of sp³-hybridized carbons (Fsp3) is 0.0323. The maximum Gasteiger partial charge on any atom is 0.0726 e. The van der Waals surface area contributed by atoms with E-state index in [0.717, 1.165) is 5.02 Å². The minimum absolute atomic E-state index is 0.428. The maximum atomic E-state index is 6.65. The molecular weight excluding hydrogens is 408 g/mol. The van der Waals surface area contributed by atoms with E-state index in [0.29, 0.717) is 0 Å². The third-order valence-corrected chi connectivity index (χ3v) is 7.41. The summed E-state index contributed by atoms with van der Waals surface area (Å²) in [7, 11) is 0. The Bertz CT molecular complexity index is 1480. The van der Waals surface area contributed by atoms with Crippen LogP contribution >= 0.6 is 11.6 Å². The first-order valence-electron chi connectivity index (χ1n) is 11.0. The van der Waals surface area contributed by atoms with Crippen molar-refractivity contribution in [3.63, 3.8) is 0 Å². The van der Waals surface area contributed by atoms with Crippen molar-refractivity contribution >= 4 is 11.6 Å². The summed E-state index contributed by atoms with van der Waals surface area (Å²) in [6, 6.07) is 41.8. The topological polar surface area (TPSA) is 0 Å². The van der Waals surface area contributed by atoms with Gasteiger partial charge in [-0.1, -0.05) is 115 Å². The van der Waals surface area contributed by atoms with E-state index in [2.05, 4.69) is 109 Å². The van der Waals surface area contributed by atoms with E-state index in [1.165, 1.54) is 55.6 Å². The molecule has 1 spiro atoms. The van der Waals surface area contributed by atoms with Crippen LogP contribution in [0.3, 0.4) is 0 Å². The lowest BCUT2D eigenvalue weighted by Crippen LogP contribution is -2.29. The summed E-state index contributed by atoms with van der Waals surface area (Å²) in [5.41, 5.74) is 12.4. The predicted octanol–water partition coefficient (Wildman–Crippen LogP) is 8.35. The Morgan fingerprint density at radius 1 is 0.375 bits per heavy atom. The second kappa shape index (κ2) is 6.45. The van der Waals surface area contributed by atoms with Gasteiger partial charge >= 0.3 is 0 Å². The van der Waals surface area contributed by atoms with E-state index < -0.39 is 5.41 Å². The van der Waals surface area contributed by atoms with Crippen LogP contribution in [0.5, 0.6) is 0 Å². The van der Waals surface area contributed by atoms with E-state index in [1.807, 2.05) is 6.07 Å². The molecule has 0 fully saturated rings. The van der Waals surface area contributed by atoms with Crippen LogP contribution in [0.2, 0.25) is 5.02 Å². The number of benzene rings is 5. The summed E-state index contributed by atoms with van der Waals surface area (Å²) in [5.74, 6) is 0. The normalized spacial score (nSPS) is 14.0. The monoisotopic (exact) mass is 426 g/mol. The highest BCUT2D eigenvalue weighted by Crippen LogP contribution is 2.61. The number of hydrogen-bond donors (Lipinski definition) is 0. The number of halogens is 1. The van der Waals surface area contributed by atoms with Crippen LogP contribution < -0.4 is 0 Å². The number of rotatable bonds is 0. The Balaban J connectivity index is 1.78. The summed E-state index contributed by atoms with van der Waals surface area (Å²) in [6.45, 7) is 0. The van der Waals surface area contributed by atoms with E-state index in [4.69, 9.17) is 11.6 Å². The van der Waals surface area contributed by atoms with Crippen molar-refractivity contribution in [1.29, 1.82) is 0 Å². The molecule has 32 heavy (non-hydrogen) atoms. The van der Waals surface area contributed by atoms with Crippen LogP contribution in [0.1, 0.15) is 22.3 Å². The van der Waals surface area contributed by atoms with Gasteiger partial charge < -0.3 is 0 Å². The Kier molecular flexibility index (Phi) is 3.63. The molecule has 0 amide bonds. The summed E-state index contributed by atoms with van der Waals surface area (Å²) in [4.78, 5) is 0. The fourth-order valence-electron chi connectivity index (χ4n) is 6.02. The predicted molar refractivity (Wildman–Crippen MR) is 133 cm³/mol. The highest BCUT2D eigenvalue weighted by Gasteiger charge is 2.49. The van der Waals surface area contributed by atoms with E-state index in [9.17, 15) is 0 Å². The maximum absolute atomic E-state index is 6.65. The van der Waals surface area contributed by atoms with Gasteiger partial charge in [0.05, 0.1) is 5.41 Å². The summed E-state index contributed by atoms with van der Waals surface area (Å²) in [6.07, 6.45) is 0. The third kappa shape index (κ3) is 2.13. The molecule has 150 valence electrons. The summed E-state index contributed by atoms with van der Waals surface area (Å²) in [5, 5.41) is 0.771. The average molecular weight is 427 g/mol. The van der Waals surface area contributed by atoms with Crippen molar-refractivity contribution in [3.05, 3.63) is 143 Å². The Morgan fingerprint density at radius 2 is 0.750 bits per heavy atom. The van der Waals surface area contributed by atoms with Gasteiger partial charge in [0.25, 0.3) is 0 Å². The molecule has 0 aromatic heterocycles. The van der Waals surface area contributed by atoms with Crippen molar-refractivity contribution in [3.8, 4) is 33.4 Å². The molecule has 0 radical (unpaired) electrons. The van der Waals surface area contributed by atoms with Gasteiger partial charge in [0.15, 0.2) is 0 Å². The zero-order valence-electron chi connectivity index (χ0n) is 17.3. The standard InChI is InChI=1S/C31H19Cl/c32-20-17-18-26-25-13-5-8-16-29(25)31(30(26)19-20)27-14-6-3-11-23(27)21-9-1-2-10-22(21)24-12-4-7-15-28(24)31/h1-19H. The summed E-state index contributed by atoms with van der Waals surface area (Å²) >= 11 is 6.65. The molecule has 0 nitrogen and oxygen atoms in total. The molecule has 0 N–H and O–H groups in total. The van der Waals surface area contributed by atoms with Gasteiger partial charge in [-0.15, -0.1) is 0 Å². The SMILES string of the molecule is Clc1ccc2c(c1)C1(c3ccccc3-c3ccccc3-c3ccccc31)c1ccccc1-2. The molecule has 2 aliphatic rings. The molecule has 5 aromatic carbocycles. The lowest BCUT2D eigenvalue weighted by molar-refractivity contribution is 0.775. The molecule has 0 saturated carbocycles. The van der Waals surface area contributed by atoms with Crippen molar-refractivity contribution in [2.24, 2.45) is 0 Å². The molecule has 0 unspecified atom stereocenters. The van der Waals surface area contributed by atoms with Crippen molar-refractivity contribution in [1.82, 2.24) is 0 Å². The van der Waals surface area contributed by atoms with Crippen LogP contribution in [-0.2, 0) is 5.41 Å². The fourth-order valence-corrected chi connectivity index (χ4v) is 6.19. The zero-order valence-corrected chi connectivity index (χ0v) is 18.1. The van der Waals surface area contributed by atoms with Gasteiger partial charge in [-0.2, -0.15) is 0 Å². The Hall–Kier alpha value is -3.61. The largest absolute Gasteiger partial charge is 0.0843 e. The molecule has 0 heterocycles. The van der Waals surface area contributed by atoms with Gasteiger partial charge in [-0.05, 0) is 67.8 Å². The Labute approximate surface area is 192 Å². The van der Waals surface area contributed by atoms with Crippen molar-refractivity contribution in [2.45, 2.75) is 5.41 Å². The zero-order chi connectivity index (χ0) is 21.3. The van der Waals surface area contributed by atoms with E-state index in [-0.39, 0.29) is 0 Å². The quantitative estimate of drug-likeness (QED) is 0.228. The van der Waals surface area contributed by atoms with E-state index in [1.54, 1.807) is 0 Å². The highest BCUT2D eigenvalue weighted by molar-refractivity contribution is 6.30. The minimum Gasteiger partial charge on any atom is -0.0843 e. The minimum atomic E-state index is -0.428. The Morgan fingerprint density at radius 3 is 1.25 bits per heavy atom. The van der Waals surface area contributed by atoms with Crippen molar-refractivity contribution in [2.75, 3.05) is 0 Å². The molecule has 5 aromatic rings. The average Bonchev–Trinajstić information content (AvgIpc) is 3.08. The number of fused-ring (bicyclic) bond motifs is 12. The van der Waals surface area contributed by atoms with Crippen LogP contribution in [0.15, 0.2) is 115 Å². The third-order valence-electron chi connectivity index (χ3n) is 7.18. The molecule has 0 bridgehead atoms. The molecule has 0 atom stereocenters. The molecule has 1 heteroatoms. The molecule has 7 rings (SSSR count). The first-order chi connectivity index (χ1) is 15.8. The van der Waals surface area contributed by atoms with Gasteiger partial charge in [-0.3, -0.25) is 0 Å². The van der Waals surface area contributed by atoms with Crippen LogP contribution in [0, 0.1) is 0 Å². The molecular formula is C31H19Cl. The van der Waals surface area contributed by atoms with Crippen LogP contribution in [0.25, 0.3) is 33.4 Å². The lowest BCUT2D eigenvalue weighted by Gasteiger charge is -2.35. The van der Waals surface area contributed by atoms with Gasteiger partial charge in [0.1, 0.15) is 0 Å².